The van der Waals surface area contributed by atoms with Crippen LogP contribution < -0.4 is 0 Å². The number of amides is 2. The van der Waals surface area contributed by atoms with Gasteiger partial charge in [0.2, 0.25) is 0 Å². The molecule has 1 aliphatic rings. The first-order valence-corrected chi connectivity index (χ1v) is 6.88. The Morgan fingerprint density at radius 2 is 2.05 bits per heavy atom. The van der Waals surface area contributed by atoms with E-state index in [0.29, 0.717) is 17.1 Å². The standard InChI is InChI=1S/C14H17N5O3/c1-14(2,3)22-13(21)18-8-10-9(12(18)20)7-19(15-10)11-5-6-17(4)16-11/h5-7H,8H2,1-4H3. The molecule has 8 nitrogen and oxygen atoms in total. The first-order valence-electron chi connectivity index (χ1n) is 6.88. The van der Waals surface area contributed by atoms with E-state index in [4.69, 9.17) is 4.74 Å². The number of nitrogens with zero attached hydrogens (tertiary/aromatic N) is 5. The maximum Gasteiger partial charge on any atom is 0.417 e. The molecule has 2 amide bonds. The van der Waals surface area contributed by atoms with Gasteiger partial charge in [-0.1, -0.05) is 0 Å². The molecular formula is C14H17N5O3. The van der Waals surface area contributed by atoms with Gasteiger partial charge in [0.15, 0.2) is 5.82 Å². The van der Waals surface area contributed by atoms with Crippen molar-refractivity contribution in [2.45, 2.75) is 32.9 Å². The van der Waals surface area contributed by atoms with Gasteiger partial charge in [-0.25, -0.2) is 14.4 Å². The summed E-state index contributed by atoms with van der Waals surface area (Å²) in [6.45, 7) is 5.38. The molecule has 0 saturated heterocycles. The number of carbonyl (C=O) groups excluding carboxylic acids is 2. The summed E-state index contributed by atoms with van der Waals surface area (Å²) in [5.74, 6) is 0.222. The highest BCUT2D eigenvalue weighted by Crippen LogP contribution is 2.24. The molecule has 0 bridgehead atoms. The molecule has 0 radical (unpaired) electrons. The molecule has 0 saturated carbocycles. The number of hydrogen-bond acceptors (Lipinski definition) is 5. The Balaban J connectivity index is 1.82. The first kappa shape index (κ1) is 14.3. The lowest BCUT2D eigenvalue weighted by Gasteiger charge is -2.23. The predicted molar refractivity (Wildman–Crippen MR) is 76.4 cm³/mol. The molecule has 2 aromatic rings. The predicted octanol–water partition coefficient (Wildman–Crippen LogP) is 1.50. The third kappa shape index (κ3) is 2.47. The maximum absolute atomic E-state index is 12.3. The lowest BCUT2D eigenvalue weighted by molar-refractivity contribution is 0.0246. The van der Waals surface area contributed by atoms with E-state index in [2.05, 4.69) is 10.2 Å². The van der Waals surface area contributed by atoms with Crippen LogP contribution in [0.4, 0.5) is 4.79 Å². The second-order valence-electron chi connectivity index (χ2n) is 6.15. The topological polar surface area (TPSA) is 82.3 Å². The van der Waals surface area contributed by atoms with Crippen molar-refractivity contribution in [2.24, 2.45) is 7.05 Å². The molecule has 22 heavy (non-hydrogen) atoms. The van der Waals surface area contributed by atoms with Crippen LogP contribution in [0, 0.1) is 0 Å². The molecule has 0 unspecified atom stereocenters. The zero-order valence-corrected chi connectivity index (χ0v) is 12.9. The van der Waals surface area contributed by atoms with Crippen molar-refractivity contribution in [3.05, 3.63) is 29.7 Å². The third-order valence-corrected chi connectivity index (χ3v) is 3.12. The van der Waals surface area contributed by atoms with Crippen molar-refractivity contribution >= 4 is 12.0 Å². The van der Waals surface area contributed by atoms with Gasteiger partial charge in [-0.3, -0.25) is 9.48 Å². The Bertz CT molecular complexity index is 753. The molecule has 2 aromatic heterocycles. The average Bonchev–Trinajstić information content (AvgIpc) is 3.04. The van der Waals surface area contributed by atoms with Crippen molar-refractivity contribution in [3.63, 3.8) is 0 Å². The molecule has 8 heteroatoms. The van der Waals surface area contributed by atoms with E-state index in [1.54, 1.807) is 51.0 Å². The van der Waals surface area contributed by atoms with E-state index in [9.17, 15) is 9.59 Å². The van der Waals surface area contributed by atoms with E-state index < -0.39 is 17.6 Å². The van der Waals surface area contributed by atoms with E-state index >= 15 is 0 Å². The highest BCUT2D eigenvalue weighted by Gasteiger charge is 2.37. The van der Waals surface area contributed by atoms with Crippen molar-refractivity contribution in [1.29, 1.82) is 0 Å². The molecule has 0 spiro atoms. The van der Waals surface area contributed by atoms with Crippen molar-refractivity contribution < 1.29 is 14.3 Å². The molecule has 0 fully saturated rings. The van der Waals surface area contributed by atoms with Gasteiger partial charge in [-0.2, -0.15) is 10.2 Å². The molecule has 3 heterocycles. The molecule has 0 aliphatic carbocycles. The molecular weight excluding hydrogens is 286 g/mol. The van der Waals surface area contributed by atoms with Crippen LogP contribution in [-0.2, 0) is 18.3 Å². The summed E-state index contributed by atoms with van der Waals surface area (Å²) in [5, 5.41) is 8.55. The fourth-order valence-electron chi connectivity index (χ4n) is 2.18. The fourth-order valence-corrected chi connectivity index (χ4v) is 2.18. The number of fused-ring (bicyclic) bond motifs is 1. The second kappa shape index (κ2) is 4.69. The van der Waals surface area contributed by atoms with Crippen LogP contribution in [0.2, 0.25) is 0 Å². The summed E-state index contributed by atoms with van der Waals surface area (Å²) in [4.78, 5) is 25.4. The number of aromatic nitrogens is 4. The van der Waals surface area contributed by atoms with Gasteiger partial charge < -0.3 is 4.74 Å². The zero-order chi connectivity index (χ0) is 16.1. The van der Waals surface area contributed by atoms with E-state index in [1.807, 2.05) is 0 Å². The van der Waals surface area contributed by atoms with Gasteiger partial charge in [0, 0.05) is 25.5 Å². The Morgan fingerprint density at radius 1 is 1.32 bits per heavy atom. The van der Waals surface area contributed by atoms with Crippen molar-refractivity contribution in [1.82, 2.24) is 24.5 Å². The number of aryl methyl sites for hydroxylation is 1. The van der Waals surface area contributed by atoms with Crippen LogP contribution in [-0.4, -0.2) is 42.1 Å². The van der Waals surface area contributed by atoms with Crippen LogP contribution in [0.25, 0.3) is 5.82 Å². The number of carbonyl (C=O) groups is 2. The van der Waals surface area contributed by atoms with Crippen LogP contribution in [0.15, 0.2) is 18.5 Å². The van der Waals surface area contributed by atoms with Crippen LogP contribution in [0.1, 0.15) is 36.8 Å². The molecule has 116 valence electrons. The van der Waals surface area contributed by atoms with Gasteiger partial charge in [-0.05, 0) is 20.8 Å². The normalized spacial score (nSPS) is 14.4. The van der Waals surface area contributed by atoms with Gasteiger partial charge in [-0.15, -0.1) is 0 Å². The maximum atomic E-state index is 12.3. The van der Waals surface area contributed by atoms with Crippen LogP contribution in [0.5, 0.6) is 0 Å². The smallest absolute Gasteiger partial charge is 0.417 e. The van der Waals surface area contributed by atoms with Gasteiger partial charge in [0.25, 0.3) is 5.91 Å². The highest BCUT2D eigenvalue weighted by atomic mass is 16.6. The lowest BCUT2D eigenvalue weighted by Crippen LogP contribution is -2.37. The Morgan fingerprint density at radius 3 is 2.59 bits per heavy atom. The highest BCUT2D eigenvalue weighted by molar-refractivity contribution is 6.06. The summed E-state index contributed by atoms with van der Waals surface area (Å²) in [7, 11) is 1.80. The van der Waals surface area contributed by atoms with Gasteiger partial charge in [0.1, 0.15) is 5.60 Å². The molecule has 0 aromatic carbocycles. The van der Waals surface area contributed by atoms with Crippen LogP contribution >= 0.6 is 0 Å². The van der Waals surface area contributed by atoms with E-state index in [-0.39, 0.29) is 6.54 Å². The third-order valence-electron chi connectivity index (χ3n) is 3.12. The van der Waals surface area contributed by atoms with E-state index in [0.717, 1.165) is 4.90 Å². The Kier molecular flexibility index (Phi) is 3.05. The number of ether oxygens (including phenoxy) is 1. The minimum atomic E-state index is -0.653. The molecule has 0 atom stereocenters. The lowest BCUT2D eigenvalue weighted by atomic mass is 10.2. The van der Waals surface area contributed by atoms with Crippen molar-refractivity contribution in [3.8, 4) is 5.82 Å². The second-order valence-corrected chi connectivity index (χ2v) is 6.15. The summed E-state index contributed by atoms with van der Waals surface area (Å²) in [6.07, 6.45) is 2.72. The van der Waals surface area contributed by atoms with Crippen LogP contribution in [0.3, 0.4) is 0 Å². The largest absolute Gasteiger partial charge is 0.443 e. The number of imide groups is 1. The summed E-state index contributed by atoms with van der Waals surface area (Å²) in [5.41, 5.74) is 0.295. The number of rotatable bonds is 1. The average molecular weight is 303 g/mol. The van der Waals surface area contributed by atoms with Gasteiger partial charge in [0.05, 0.1) is 17.8 Å². The molecule has 1 aliphatic heterocycles. The molecule has 0 N–H and O–H groups in total. The zero-order valence-electron chi connectivity index (χ0n) is 12.9. The fraction of sp³-hybridized carbons (Fsp3) is 0.429. The Labute approximate surface area is 127 Å². The minimum absolute atomic E-state index is 0.114. The summed E-state index contributed by atoms with van der Waals surface area (Å²) < 4.78 is 8.41. The molecule has 3 rings (SSSR count). The van der Waals surface area contributed by atoms with Gasteiger partial charge >= 0.3 is 6.09 Å². The number of hydrogen-bond donors (Lipinski definition) is 0. The Hall–Kier alpha value is -2.64. The first-order chi connectivity index (χ1) is 10.2. The van der Waals surface area contributed by atoms with Crippen molar-refractivity contribution in [2.75, 3.05) is 0 Å². The van der Waals surface area contributed by atoms with E-state index in [1.165, 1.54) is 4.68 Å². The SMILES string of the molecule is Cn1ccc(-n2cc3c(n2)CN(C(=O)OC(C)(C)C)C3=O)n1. The summed E-state index contributed by atoms with van der Waals surface area (Å²) >= 11 is 0. The quantitative estimate of drug-likeness (QED) is 0.797. The summed E-state index contributed by atoms with van der Waals surface area (Å²) in [6, 6.07) is 1.79. The monoisotopic (exact) mass is 303 g/mol. The minimum Gasteiger partial charge on any atom is -0.443 e.